The van der Waals surface area contributed by atoms with Crippen molar-refractivity contribution in [3.63, 3.8) is 0 Å². The third kappa shape index (κ3) is 6.54. The van der Waals surface area contributed by atoms with Gasteiger partial charge in [0.2, 0.25) is 0 Å². The van der Waals surface area contributed by atoms with Gasteiger partial charge in [-0.05, 0) is 29.9 Å². The van der Waals surface area contributed by atoms with Gasteiger partial charge in [-0.25, -0.2) is 0 Å². The van der Waals surface area contributed by atoms with Gasteiger partial charge in [-0.2, -0.15) is 0 Å². The molecule has 40 heavy (non-hydrogen) atoms. The monoisotopic (exact) mass is 542 g/mol. The Morgan fingerprint density at radius 2 is 0.550 bits per heavy atom. The van der Waals surface area contributed by atoms with Crippen molar-refractivity contribution in [3.8, 4) is 33.9 Å². The fourth-order valence-corrected chi connectivity index (χ4v) is 3.91. The summed E-state index contributed by atoms with van der Waals surface area (Å²) in [5.41, 5.74) is 3.58. The van der Waals surface area contributed by atoms with E-state index < -0.39 is 0 Å². The SMILES string of the molecule is CC(C)(C)[n+]1c[n+](C(C)(C)C)nc(-c2ccc(-c3ccc(-c4n[n+](C(C)(C)C)c[n+](C(C)(C)C)n4)cc3)cc2)n1. The van der Waals surface area contributed by atoms with Gasteiger partial charge < -0.3 is 0 Å². The molecule has 2 aromatic heterocycles. The van der Waals surface area contributed by atoms with Crippen molar-refractivity contribution in [3.05, 3.63) is 61.2 Å². The number of nitrogens with zero attached hydrogens (tertiary/aromatic N) is 8. The molecule has 0 amide bonds. The molecule has 0 saturated heterocycles. The molecule has 0 unspecified atom stereocenters. The first-order chi connectivity index (χ1) is 18.3. The molecular weight excluding hydrogens is 496 g/mol. The van der Waals surface area contributed by atoms with Crippen LogP contribution in [0.5, 0.6) is 0 Å². The first-order valence-electron chi connectivity index (χ1n) is 14.0. The Morgan fingerprint density at radius 1 is 0.350 bits per heavy atom. The van der Waals surface area contributed by atoms with Crippen LogP contribution in [0.3, 0.4) is 0 Å². The van der Waals surface area contributed by atoms with Crippen molar-refractivity contribution in [2.45, 2.75) is 105 Å². The van der Waals surface area contributed by atoms with E-state index >= 15 is 0 Å². The van der Waals surface area contributed by atoms with Crippen LogP contribution in [0.15, 0.2) is 61.2 Å². The van der Waals surface area contributed by atoms with Crippen molar-refractivity contribution in [1.82, 2.24) is 20.4 Å². The molecule has 2 heterocycles. The van der Waals surface area contributed by atoms with Gasteiger partial charge in [0.1, 0.15) is 0 Å². The Balaban J connectivity index is 1.67. The summed E-state index contributed by atoms with van der Waals surface area (Å²) in [5, 5.41) is 19.4. The Labute approximate surface area is 239 Å². The minimum Gasteiger partial charge on any atom is -0.0536 e. The number of hydrogen-bond acceptors (Lipinski definition) is 4. The molecule has 0 bridgehead atoms. The maximum absolute atomic E-state index is 4.85. The van der Waals surface area contributed by atoms with Crippen molar-refractivity contribution in [2.24, 2.45) is 0 Å². The second-order valence-electron chi connectivity index (χ2n) is 14.5. The van der Waals surface area contributed by atoms with Crippen LogP contribution < -0.4 is 18.7 Å². The van der Waals surface area contributed by atoms with Crippen LogP contribution in [0, 0.1) is 0 Å². The number of rotatable bonds is 3. The normalized spacial score (nSPS) is 13.0. The summed E-state index contributed by atoms with van der Waals surface area (Å²) in [5.74, 6) is 1.41. The number of hydrogen-bond donors (Lipinski definition) is 0. The first kappa shape index (κ1) is 29.3. The predicted octanol–water partition coefficient (Wildman–Crippen LogP) is 4.44. The zero-order valence-electron chi connectivity index (χ0n) is 26.4. The lowest BCUT2D eigenvalue weighted by Gasteiger charge is -2.13. The van der Waals surface area contributed by atoms with Crippen LogP contribution in [0.25, 0.3) is 33.9 Å². The molecule has 0 atom stereocenters. The third-order valence-electron chi connectivity index (χ3n) is 6.62. The summed E-state index contributed by atoms with van der Waals surface area (Å²) < 4.78 is 7.97. The molecule has 0 fully saturated rings. The summed E-state index contributed by atoms with van der Waals surface area (Å²) in [6, 6.07) is 16.9. The van der Waals surface area contributed by atoms with Crippen LogP contribution in [-0.2, 0) is 22.2 Å². The molecule has 0 aliphatic carbocycles. The zero-order valence-corrected chi connectivity index (χ0v) is 26.4. The first-order valence-corrected chi connectivity index (χ1v) is 14.0. The molecule has 4 aromatic rings. The van der Waals surface area contributed by atoms with Crippen molar-refractivity contribution < 1.29 is 18.7 Å². The minimum absolute atomic E-state index is 0.160. The van der Waals surface area contributed by atoms with E-state index in [9.17, 15) is 0 Å². The maximum Gasteiger partial charge on any atom is 0.458 e. The molecule has 210 valence electrons. The molecule has 0 saturated carbocycles. The van der Waals surface area contributed by atoms with Gasteiger partial charge >= 0.3 is 12.7 Å². The highest BCUT2D eigenvalue weighted by Crippen LogP contribution is 2.25. The molecule has 0 N–H and O–H groups in total. The van der Waals surface area contributed by atoms with Gasteiger partial charge in [-0.1, -0.05) is 48.5 Å². The van der Waals surface area contributed by atoms with E-state index in [2.05, 4.69) is 132 Å². The molecule has 8 nitrogen and oxygen atoms in total. The van der Waals surface area contributed by atoms with Crippen LogP contribution in [0.2, 0.25) is 0 Å². The zero-order chi connectivity index (χ0) is 29.7. The van der Waals surface area contributed by atoms with Gasteiger partial charge in [-0.15, -0.1) is 0 Å². The number of aromatic nitrogens is 8. The lowest BCUT2D eigenvalue weighted by Crippen LogP contribution is -2.64. The van der Waals surface area contributed by atoms with Crippen molar-refractivity contribution >= 4 is 0 Å². The van der Waals surface area contributed by atoms with Crippen molar-refractivity contribution in [1.29, 1.82) is 0 Å². The molecule has 0 aliphatic heterocycles. The third-order valence-corrected chi connectivity index (χ3v) is 6.62. The highest BCUT2D eigenvalue weighted by Gasteiger charge is 2.36. The highest BCUT2D eigenvalue weighted by atomic mass is 15.5. The van der Waals surface area contributed by atoms with Crippen LogP contribution in [0.1, 0.15) is 83.1 Å². The fourth-order valence-electron chi connectivity index (χ4n) is 3.91. The summed E-state index contributed by atoms with van der Waals surface area (Å²) >= 11 is 0. The van der Waals surface area contributed by atoms with Crippen LogP contribution in [-0.4, -0.2) is 20.4 Å². The Hall–Kier alpha value is -3.68. The van der Waals surface area contributed by atoms with Crippen molar-refractivity contribution in [2.75, 3.05) is 0 Å². The molecule has 0 spiro atoms. The Bertz CT molecular complexity index is 1310. The lowest BCUT2D eigenvalue weighted by atomic mass is 10.0. The van der Waals surface area contributed by atoms with E-state index in [0.717, 1.165) is 22.3 Å². The van der Waals surface area contributed by atoms with E-state index in [0.29, 0.717) is 11.6 Å². The van der Waals surface area contributed by atoms with Gasteiger partial charge in [0.15, 0.2) is 22.2 Å². The van der Waals surface area contributed by atoms with E-state index in [1.54, 1.807) is 0 Å². The topological polar surface area (TPSA) is 67.1 Å². The molecule has 0 radical (unpaired) electrons. The van der Waals surface area contributed by atoms with Gasteiger partial charge in [-0.3, -0.25) is 0 Å². The van der Waals surface area contributed by atoms with E-state index in [1.807, 2.05) is 31.4 Å². The second kappa shape index (κ2) is 10.1. The van der Waals surface area contributed by atoms with Gasteiger partial charge in [0.25, 0.3) is 11.6 Å². The Morgan fingerprint density at radius 3 is 0.750 bits per heavy atom. The average Bonchev–Trinajstić information content (AvgIpc) is 2.86. The smallest absolute Gasteiger partial charge is 0.0536 e. The Kier molecular flexibility index (Phi) is 7.37. The summed E-state index contributed by atoms with van der Waals surface area (Å²) in [6.45, 7) is 25.8. The highest BCUT2D eigenvalue weighted by molar-refractivity contribution is 5.69. The van der Waals surface area contributed by atoms with E-state index in [1.165, 1.54) is 0 Å². The summed E-state index contributed by atoms with van der Waals surface area (Å²) in [4.78, 5) is 0. The predicted molar refractivity (Wildman–Crippen MR) is 155 cm³/mol. The summed E-state index contributed by atoms with van der Waals surface area (Å²) in [6.07, 6.45) is 3.98. The number of benzene rings is 2. The molecular formula is C32H46N8+4. The van der Waals surface area contributed by atoms with E-state index in [-0.39, 0.29) is 22.2 Å². The lowest BCUT2D eigenvalue weighted by molar-refractivity contribution is -0.926. The largest absolute Gasteiger partial charge is 0.458 e. The molecule has 8 heteroatoms. The molecule has 0 aliphatic rings. The standard InChI is InChI=1S/C32H46N8/c1-29(2,3)37-21-38(30(4,5)6)34-27(33-37)25-17-13-23(14-18-25)24-15-19-26(20-16-24)28-35-39(31(7,8)9)22-40(36-28)32(10,11)12/h13-22H,1-12H3/q+4. The van der Waals surface area contributed by atoms with Gasteiger partial charge in [0, 0.05) is 115 Å². The fraction of sp³-hybridized carbons (Fsp3) is 0.500. The minimum atomic E-state index is -0.160. The maximum atomic E-state index is 4.85. The van der Waals surface area contributed by atoms with Gasteiger partial charge in [0.05, 0.1) is 0 Å². The van der Waals surface area contributed by atoms with Crippen LogP contribution in [0.4, 0.5) is 0 Å². The average molecular weight is 543 g/mol. The van der Waals surface area contributed by atoms with E-state index in [4.69, 9.17) is 20.4 Å². The molecule has 4 rings (SSSR count). The van der Waals surface area contributed by atoms with Crippen LogP contribution >= 0.6 is 0 Å². The second-order valence-corrected chi connectivity index (χ2v) is 14.5. The quantitative estimate of drug-likeness (QED) is 0.359. The molecule has 2 aromatic carbocycles. The summed E-state index contributed by atoms with van der Waals surface area (Å²) in [7, 11) is 0.